The van der Waals surface area contributed by atoms with Gasteiger partial charge in [0.15, 0.2) is 0 Å². The van der Waals surface area contributed by atoms with Crippen molar-refractivity contribution in [3.05, 3.63) is 28.5 Å². The van der Waals surface area contributed by atoms with Crippen LogP contribution in [0.3, 0.4) is 0 Å². The lowest BCUT2D eigenvalue weighted by molar-refractivity contribution is 0.101. The van der Waals surface area contributed by atoms with Crippen LogP contribution in [0, 0.1) is 0 Å². The smallest absolute Gasteiger partial charge is 0.140 e. The van der Waals surface area contributed by atoms with E-state index in [1.54, 1.807) is 7.11 Å². The first-order chi connectivity index (χ1) is 7.67. The second kappa shape index (κ2) is 4.53. The zero-order valence-corrected chi connectivity index (χ0v) is 10.9. The van der Waals surface area contributed by atoms with Crippen molar-refractivity contribution < 1.29 is 4.74 Å². The summed E-state index contributed by atoms with van der Waals surface area (Å²) < 4.78 is 8.34. The summed E-state index contributed by atoms with van der Waals surface area (Å²) in [6, 6.07) is 6.01. The molecule has 86 valence electrons. The van der Waals surface area contributed by atoms with E-state index in [4.69, 9.17) is 10.5 Å². The minimum Gasteiger partial charge on any atom is -0.372 e. The van der Waals surface area contributed by atoms with Crippen LogP contribution in [0.2, 0.25) is 0 Å². The van der Waals surface area contributed by atoms with Gasteiger partial charge < -0.3 is 15.0 Å². The number of hydrogen-bond donors (Lipinski definition) is 1. The number of nitrogens with zero attached hydrogens (tertiary/aromatic N) is 2. The lowest BCUT2D eigenvalue weighted by Crippen LogP contribution is -2.17. The van der Waals surface area contributed by atoms with Gasteiger partial charge in [0.25, 0.3) is 0 Å². The predicted octanol–water partition coefficient (Wildman–Crippen LogP) is 1.98. The molecule has 1 unspecified atom stereocenters. The Morgan fingerprint density at radius 3 is 2.94 bits per heavy atom. The van der Waals surface area contributed by atoms with Gasteiger partial charge in [-0.3, -0.25) is 0 Å². The van der Waals surface area contributed by atoms with E-state index >= 15 is 0 Å². The van der Waals surface area contributed by atoms with Crippen molar-refractivity contribution in [2.45, 2.75) is 6.10 Å². The molecule has 0 radical (unpaired) electrons. The number of rotatable bonds is 3. The van der Waals surface area contributed by atoms with Crippen LogP contribution in [0.5, 0.6) is 0 Å². The minimum absolute atomic E-state index is 0.156. The number of aromatic nitrogens is 2. The molecule has 0 saturated carbocycles. The lowest BCUT2D eigenvalue weighted by Gasteiger charge is -2.12. The lowest BCUT2D eigenvalue weighted by atomic mass is 10.3. The number of benzene rings is 1. The van der Waals surface area contributed by atoms with E-state index in [9.17, 15) is 0 Å². The summed E-state index contributed by atoms with van der Waals surface area (Å²) in [5.41, 5.74) is 7.67. The molecule has 2 N–H and O–H groups in total. The highest BCUT2D eigenvalue weighted by molar-refractivity contribution is 9.10. The van der Waals surface area contributed by atoms with Crippen molar-refractivity contribution in [3.63, 3.8) is 0 Å². The van der Waals surface area contributed by atoms with Gasteiger partial charge in [0, 0.05) is 25.2 Å². The van der Waals surface area contributed by atoms with Gasteiger partial charge in [-0.15, -0.1) is 0 Å². The second-order valence-corrected chi connectivity index (χ2v) is 4.54. The van der Waals surface area contributed by atoms with Gasteiger partial charge in [-0.25, -0.2) is 4.98 Å². The van der Waals surface area contributed by atoms with Crippen molar-refractivity contribution in [3.8, 4) is 0 Å². The minimum atomic E-state index is -0.156. The molecule has 0 saturated heterocycles. The summed E-state index contributed by atoms with van der Waals surface area (Å²) in [6.45, 7) is 0.425. The van der Waals surface area contributed by atoms with E-state index in [-0.39, 0.29) is 6.10 Å². The van der Waals surface area contributed by atoms with Crippen LogP contribution in [0.1, 0.15) is 11.9 Å². The van der Waals surface area contributed by atoms with Gasteiger partial charge in [0.05, 0.1) is 11.0 Å². The van der Waals surface area contributed by atoms with Crippen LogP contribution in [0.4, 0.5) is 0 Å². The molecule has 4 nitrogen and oxygen atoms in total. The third-order valence-corrected chi connectivity index (χ3v) is 3.16. The zero-order valence-electron chi connectivity index (χ0n) is 9.27. The van der Waals surface area contributed by atoms with E-state index in [0.29, 0.717) is 6.54 Å². The number of ether oxygens (including phenoxy) is 1. The normalized spacial score (nSPS) is 13.2. The second-order valence-electron chi connectivity index (χ2n) is 3.62. The Morgan fingerprint density at radius 1 is 1.56 bits per heavy atom. The van der Waals surface area contributed by atoms with Gasteiger partial charge in [-0.05, 0) is 18.2 Å². The Morgan fingerprint density at radius 2 is 2.31 bits per heavy atom. The highest BCUT2D eigenvalue weighted by atomic mass is 79.9. The maximum absolute atomic E-state index is 5.65. The molecule has 0 amide bonds. The molecular formula is C11H14BrN3O. The van der Waals surface area contributed by atoms with Crippen LogP contribution < -0.4 is 5.73 Å². The molecule has 1 atom stereocenters. The number of hydrogen-bond acceptors (Lipinski definition) is 3. The Labute approximate surface area is 103 Å². The van der Waals surface area contributed by atoms with E-state index in [1.165, 1.54) is 0 Å². The highest BCUT2D eigenvalue weighted by Gasteiger charge is 2.16. The quantitative estimate of drug-likeness (QED) is 0.937. The van der Waals surface area contributed by atoms with Crippen LogP contribution in [-0.2, 0) is 11.8 Å². The first kappa shape index (κ1) is 11.6. The summed E-state index contributed by atoms with van der Waals surface area (Å²) >= 11 is 3.43. The molecule has 5 heteroatoms. The average molecular weight is 284 g/mol. The molecule has 2 aromatic rings. The molecule has 0 bridgehead atoms. The fourth-order valence-corrected chi connectivity index (χ4v) is 2.14. The molecule has 0 fully saturated rings. The van der Waals surface area contributed by atoms with Crippen LogP contribution >= 0.6 is 15.9 Å². The van der Waals surface area contributed by atoms with Crippen LogP contribution in [-0.4, -0.2) is 23.2 Å². The molecule has 0 aliphatic heterocycles. The summed E-state index contributed by atoms with van der Waals surface area (Å²) in [7, 11) is 3.62. The predicted molar refractivity (Wildman–Crippen MR) is 67.2 cm³/mol. The van der Waals surface area contributed by atoms with Gasteiger partial charge in [-0.2, -0.15) is 0 Å². The van der Waals surface area contributed by atoms with E-state index in [1.807, 2.05) is 29.8 Å². The standard InChI is InChI=1S/C11H14BrN3O/c1-15-9-4-3-7(12)5-8(9)14-11(15)10(6-13)16-2/h3-5,10H,6,13H2,1-2H3. The Hall–Kier alpha value is -0.910. The number of aryl methyl sites for hydroxylation is 1. The Balaban J connectivity index is 2.59. The summed E-state index contributed by atoms with van der Waals surface area (Å²) in [5.74, 6) is 0.859. The fraction of sp³-hybridized carbons (Fsp3) is 0.364. The summed E-state index contributed by atoms with van der Waals surface area (Å²) in [6.07, 6.45) is -0.156. The third-order valence-electron chi connectivity index (χ3n) is 2.66. The molecule has 0 aliphatic rings. The largest absolute Gasteiger partial charge is 0.372 e. The number of halogens is 1. The van der Waals surface area contributed by atoms with Gasteiger partial charge >= 0.3 is 0 Å². The maximum Gasteiger partial charge on any atom is 0.140 e. The van der Waals surface area contributed by atoms with Gasteiger partial charge in [0.1, 0.15) is 11.9 Å². The van der Waals surface area contributed by atoms with Crippen LogP contribution in [0.15, 0.2) is 22.7 Å². The fourth-order valence-electron chi connectivity index (χ4n) is 1.79. The molecular weight excluding hydrogens is 270 g/mol. The first-order valence-corrected chi connectivity index (χ1v) is 5.81. The topological polar surface area (TPSA) is 53.1 Å². The molecule has 2 rings (SSSR count). The van der Waals surface area contributed by atoms with Crippen molar-refractivity contribution in [2.24, 2.45) is 12.8 Å². The summed E-state index contributed by atoms with van der Waals surface area (Å²) in [4.78, 5) is 4.54. The van der Waals surface area contributed by atoms with Crippen molar-refractivity contribution in [1.82, 2.24) is 9.55 Å². The van der Waals surface area contributed by atoms with Crippen molar-refractivity contribution >= 4 is 27.0 Å². The van der Waals surface area contributed by atoms with Crippen LogP contribution in [0.25, 0.3) is 11.0 Å². The molecule has 0 aliphatic carbocycles. The maximum atomic E-state index is 5.65. The highest BCUT2D eigenvalue weighted by Crippen LogP contribution is 2.23. The molecule has 1 heterocycles. The third kappa shape index (κ3) is 1.86. The Bertz CT molecular complexity index is 505. The van der Waals surface area contributed by atoms with Gasteiger partial charge in [-0.1, -0.05) is 15.9 Å². The monoisotopic (exact) mass is 283 g/mol. The Kier molecular flexibility index (Phi) is 3.28. The molecule has 0 spiro atoms. The van der Waals surface area contributed by atoms with Crippen molar-refractivity contribution in [1.29, 1.82) is 0 Å². The van der Waals surface area contributed by atoms with E-state index < -0.39 is 0 Å². The number of imidazole rings is 1. The van der Waals surface area contributed by atoms with E-state index in [0.717, 1.165) is 21.3 Å². The SMILES string of the molecule is COC(CN)c1nc2cc(Br)ccc2n1C. The number of fused-ring (bicyclic) bond motifs is 1. The first-order valence-electron chi connectivity index (χ1n) is 5.02. The zero-order chi connectivity index (χ0) is 11.7. The number of nitrogens with two attached hydrogens (primary N) is 1. The molecule has 1 aromatic heterocycles. The van der Waals surface area contributed by atoms with Gasteiger partial charge in [0.2, 0.25) is 0 Å². The number of methoxy groups -OCH3 is 1. The van der Waals surface area contributed by atoms with E-state index in [2.05, 4.69) is 20.9 Å². The molecule has 1 aromatic carbocycles. The molecule has 16 heavy (non-hydrogen) atoms. The van der Waals surface area contributed by atoms with Crippen molar-refractivity contribution in [2.75, 3.05) is 13.7 Å². The average Bonchev–Trinajstić information content (AvgIpc) is 2.58. The summed E-state index contributed by atoms with van der Waals surface area (Å²) in [5, 5.41) is 0.